The lowest BCUT2D eigenvalue weighted by molar-refractivity contribution is 0.0993. The van der Waals surface area contributed by atoms with Crippen LogP contribution in [0.15, 0.2) is 42.5 Å². The summed E-state index contributed by atoms with van der Waals surface area (Å²) in [5.74, 6) is 0.0528. The van der Waals surface area contributed by atoms with E-state index in [9.17, 15) is 13.2 Å². The van der Waals surface area contributed by atoms with Gasteiger partial charge in [-0.1, -0.05) is 48.0 Å². The zero-order chi connectivity index (χ0) is 21.2. The van der Waals surface area contributed by atoms with E-state index < -0.39 is 10.0 Å². The van der Waals surface area contributed by atoms with Crippen molar-refractivity contribution in [2.75, 3.05) is 12.8 Å². The number of ketones is 1. The molecule has 29 heavy (non-hydrogen) atoms. The molecule has 0 saturated heterocycles. The van der Waals surface area contributed by atoms with Crippen molar-refractivity contribution in [2.24, 2.45) is 0 Å². The molecule has 0 aliphatic rings. The molecular formula is C22H25ClN2O3S. The van der Waals surface area contributed by atoms with Crippen molar-refractivity contribution in [1.82, 2.24) is 9.29 Å². The number of nitrogens with zero attached hydrogens (tertiary/aromatic N) is 1. The zero-order valence-corrected chi connectivity index (χ0v) is 18.4. The molecule has 7 heteroatoms. The smallest absolute Gasteiger partial charge is 0.208 e. The van der Waals surface area contributed by atoms with E-state index in [4.69, 9.17) is 11.6 Å². The number of fused-ring (bicyclic) bond motifs is 1. The molecule has 1 aromatic heterocycles. The number of halogens is 1. The first-order chi connectivity index (χ1) is 13.7. The second kappa shape index (κ2) is 8.69. The molecule has 3 aromatic rings. The highest BCUT2D eigenvalue weighted by molar-refractivity contribution is 7.88. The maximum Gasteiger partial charge on any atom is 0.208 e. The fraction of sp³-hybridized carbons (Fsp3) is 0.318. The van der Waals surface area contributed by atoms with Crippen LogP contribution in [0.25, 0.3) is 10.9 Å². The Labute approximate surface area is 176 Å². The maximum atomic E-state index is 13.2. The summed E-state index contributed by atoms with van der Waals surface area (Å²) in [6.45, 7) is 4.82. The minimum Gasteiger partial charge on any atom is -0.343 e. The lowest BCUT2D eigenvalue weighted by Gasteiger charge is -2.10. The van der Waals surface area contributed by atoms with E-state index in [2.05, 4.69) is 4.72 Å². The minimum absolute atomic E-state index is 0.0528. The largest absolute Gasteiger partial charge is 0.343 e. The van der Waals surface area contributed by atoms with E-state index in [-0.39, 0.29) is 5.78 Å². The molecule has 0 fully saturated rings. The number of aryl methyl sites for hydroxylation is 2. The number of benzene rings is 2. The van der Waals surface area contributed by atoms with Crippen molar-refractivity contribution in [2.45, 2.75) is 33.2 Å². The van der Waals surface area contributed by atoms with Crippen molar-refractivity contribution < 1.29 is 13.2 Å². The first-order valence-corrected chi connectivity index (χ1v) is 11.8. The van der Waals surface area contributed by atoms with Gasteiger partial charge in [-0.25, -0.2) is 13.1 Å². The van der Waals surface area contributed by atoms with Crippen molar-refractivity contribution in [3.05, 3.63) is 69.9 Å². The van der Waals surface area contributed by atoms with Gasteiger partial charge in [0.15, 0.2) is 5.78 Å². The zero-order valence-electron chi connectivity index (χ0n) is 16.8. The van der Waals surface area contributed by atoms with E-state index in [1.807, 2.05) is 60.9 Å². The monoisotopic (exact) mass is 432 g/mol. The summed E-state index contributed by atoms with van der Waals surface area (Å²) in [7, 11) is -3.23. The normalized spacial score (nSPS) is 11.9. The molecule has 0 unspecified atom stereocenters. The summed E-state index contributed by atoms with van der Waals surface area (Å²) in [6.07, 6.45) is 2.06. The molecular weight excluding hydrogens is 408 g/mol. The Hall–Kier alpha value is -2.15. The molecule has 1 N–H and O–H groups in total. The number of rotatable bonds is 8. The number of aromatic nitrogens is 1. The first-order valence-electron chi connectivity index (χ1n) is 9.48. The number of carbonyl (C=O) groups excluding carboxylic acids is 1. The molecule has 0 radical (unpaired) electrons. The SMILES string of the molecule is Cc1ccccc1CC(=O)c1c(C)n(CCCNS(C)(=O)=O)c2c(Cl)cccc12. The van der Waals surface area contributed by atoms with Gasteiger partial charge in [0.25, 0.3) is 0 Å². The average Bonchev–Trinajstić information content (AvgIpc) is 2.93. The molecule has 0 aliphatic carbocycles. The Kier molecular flexibility index (Phi) is 6.46. The van der Waals surface area contributed by atoms with Crippen LogP contribution in [-0.2, 0) is 23.0 Å². The first kappa shape index (κ1) is 21.6. The number of hydrogen-bond acceptors (Lipinski definition) is 3. The average molecular weight is 433 g/mol. The van der Waals surface area contributed by atoms with Gasteiger partial charge in [-0.05, 0) is 37.5 Å². The fourth-order valence-corrected chi connectivity index (χ4v) is 4.48. The van der Waals surface area contributed by atoms with Gasteiger partial charge >= 0.3 is 0 Å². The molecule has 0 amide bonds. The minimum atomic E-state index is -3.23. The maximum absolute atomic E-state index is 13.2. The standard InChI is InChI=1S/C22H25ClN2O3S/c1-15-8-4-5-9-17(15)14-20(26)21-16(2)25(13-7-12-24-29(3,27)28)22-18(21)10-6-11-19(22)23/h4-6,8-11,24H,7,12-14H2,1-3H3. The van der Waals surface area contributed by atoms with Gasteiger partial charge in [0.05, 0.1) is 16.8 Å². The number of para-hydroxylation sites is 1. The quantitative estimate of drug-likeness (QED) is 0.426. The van der Waals surface area contributed by atoms with Crippen LogP contribution in [0.5, 0.6) is 0 Å². The summed E-state index contributed by atoms with van der Waals surface area (Å²) in [5, 5.41) is 1.42. The van der Waals surface area contributed by atoms with E-state index in [0.29, 0.717) is 36.5 Å². The number of Topliss-reactive ketones (excluding diaryl/α,β-unsaturated/α-hetero) is 1. The highest BCUT2D eigenvalue weighted by Crippen LogP contribution is 2.32. The Bertz CT molecular complexity index is 1170. The van der Waals surface area contributed by atoms with Crippen molar-refractivity contribution >= 4 is 38.3 Å². The molecule has 0 atom stereocenters. The van der Waals surface area contributed by atoms with Crippen LogP contribution in [0.4, 0.5) is 0 Å². The number of hydrogen-bond donors (Lipinski definition) is 1. The Morgan fingerprint density at radius 2 is 1.83 bits per heavy atom. The molecule has 2 aromatic carbocycles. The van der Waals surface area contributed by atoms with Gasteiger partial charge < -0.3 is 4.57 Å². The van der Waals surface area contributed by atoms with Gasteiger partial charge in [0.2, 0.25) is 10.0 Å². The van der Waals surface area contributed by atoms with E-state index in [1.54, 1.807) is 0 Å². The van der Waals surface area contributed by atoms with Gasteiger partial charge in [-0.2, -0.15) is 0 Å². The van der Waals surface area contributed by atoms with E-state index in [0.717, 1.165) is 34.0 Å². The van der Waals surface area contributed by atoms with Crippen LogP contribution in [0.2, 0.25) is 5.02 Å². The molecule has 0 spiro atoms. The van der Waals surface area contributed by atoms with E-state index in [1.165, 1.54) is 0 Å². The van der Waals surface area contributed by atoms with E-state index >= 15 is 0 Å². The van der Waals surface area contributed by atoms with Crippen LogP contribution in [0.3, 0.4) is 0 Å². The van der Waals surface area contributed by atoms with Gasteiger partial charge in [-0.15, -0.1) is 0 Å². The molecule has 154 valence electrons. The van der Waals surface area contributed by atoms with Crippen LogP contribution in [0.1, 0.15) is 33.6 Å². The highest BCUT2D eigenvalue weighted by atomic mass is 35.5. The van der Waals surface area contributed by atoms with Crippen molar-refractivity contribution in [3.8, 4) is 0 Å². The molecule has 0 bridgehead atoms. The lowest BCUT2D eigenvalue weighted by atomic mass is 9.98. The van der Waals surface area contributed by atoms with Crippen LogP contribution in [0, 0.1) is 13.8 Å². The second-order valence-electron chi connectivity index (χ2n) is 7.29. The van der Waals surface area contributed by atoms with Crippen LogP contribution >= 0.6 is 11.6 Å². The van der Waals surface area contributed by atoms with Gasteiger partial charge in [0.1, 0.15) is 0 Å². The second-order valence-corrected chi connectivity index (χ2v) is 9.53. The van der Waals surface area contributed by atoms with Crippen LogP contribution < -0.4 is 4.72 Å². The highest BCUT2D eigenvalue weighted by Gasteiger charge is 2.21. The molecule has 5 nitrogen and oxygen atoms in total. The summed E-state index contributed by atoms with van der Waals surface area (Å²) >= 11 is 6.48. The molecule has 0 aliphatic heterocycles. The topological polar surface area (TPSA) is 68.2 Å². The summed E-state index contributed by atoms with van der Waals surface area (Å²) in [5.41, 5.74) is 4.45. The molecule has 1 heterocycles. The van der Waals surface area contributed by atoms with Crippen LogP contribution in [-0.4, -0.2) is 31.6 Å². The third-order valence-electron chi connectivity index (χ3n) is 5.11. The Morgan fingerprint density at radius 1 is 1.10 bits per heavy atom. The van der Waals surface area contributed by atoms with Crippen molar-refractivity contribution in [3.63, 3.8) is 0 Å². The summed E-state index contributed by atoms with van der Waals surface area (Å²) in [6, 6.07) is 13.5. The number of carbonyl (C=O) groups is 1. The van der Waals surface area contributed by atoms with Gasteiger partial charge in [0, 0.05) is 36.2 Å². The van der Waals surface area contributed by atoms with Crippen molar-refractivity contribution in [1.29, 1.82) is 0 Å². The summed E-state index contributed by atoms with van der Waals surface area (Å²) in [4.78, 5) is 13.2. The molecule has 3 rings (SSSR count). The summed E-state index contributed by atoms with van der Waals surface area (Å²) < 4.78 is 27.1. The molecule has 0 saturated carbocycles. The number of sulfonamides is 1. The fourth-order valence-electron chi connectivity index (χ4n) is 3.68. The predicted molar refractivity (Wildman–Crippen MR) is 118 cm³/mol. The predicted octanol–water partition coefficient (Wildman–Crippen LogP) is 4.28. The lowest BCUT2D eigenvalue weighted by Crippen LogP contribution is -2.24. The Morgan fingerprint density at radius 3 is 2.52 bits per heavy atom. The Balaban J connectivity index is 1.95. The third kappa shape index (κ3) is 4.89. The third-order valence-corrected chi connectivity index (χ3v) is 6.14. The number of nitrogens with one attached hydrogen (secondary N) is 1. The van der Waals surface area contributed by atoms with Gasteiger partial charge in [-0.3, -0.25) is 4.79 Å².